The number of aliphatic hydroxyl groups excluding tert-OH is 2. The van der Waals surface area contributed by atoms with Gasteiger partial charge in [-0.3, -0.25) is 0 Å². The predicted molar refractivity (Wildman–Crippen MR) is 59.1 cm³/mol. The van der Waals surface area contributed by atoms with Gasteiger partial charge in [-0.15, -0.1) is 0 Å². The Morgan fingerprint density at radius 3 is 2.40 bits per heavy atom. The Hall–Kier alpha value is -1.06. The molecule has 0 aliphatic carbocycles. The second-order valence-electron chi connectivity index (χ2n) is 3.74. The third kappa shape index (κ3) is 3.22. The van der Waals surface area contributed by atoms with E-state index < -0.39 is 0 Å². The van der Waals surface area contributed by atoms with E-state index in [0.29, 0.717) is 6.42 Å². The summed E-state index contributed by atoms with van der Waals surface area (Å²) >= 11 is 0. The third-order valence-corrected chi connectivity index (χ3v) is 2.50. The van der Waals surface area contributed by atoms with Gasteiger partial charge in [0.2, 0.25) is 0 Å². The number of aliphatic hydroxyl groups is 2. The van der Waals surface area contributed by atoms with Crippen molar-refractivity contribution in [3.8, 4) is 5.75 Å². The molecule has 15 heavy (non-hydrogen) atoms. The first-order valence-electron chi connectivity index (χ1n) is 5.06. The van der Waals surface area contributed by atoms with Crippen LogP contribution in [-0.4, -0.2) is 30.5 Å². The monoisotopic (exact) mass is 210 g/mol. The molecular weight excluding hydrogens is 192 g/mol. The predicted octanol–water partition coefficient (Wildman–Crippen LogP) is 1.15. The topological polar surface area (TPSA) is 49.7 Å². The van der Waals surface area contributed by atoms with Crippen LogP contribution in [0.5, 0.6) is 5.75 Å². The molecule has 0 spiro atoms. The van der Waals surface area contributed by atoms with Crippen molar-refractivity contribution in [2.45, 2.75) is 13.3 Å². The van der Waals surface area contributed by atoms with Gasteiger partial charge in [0.25, 0.3) is 0 Å². The fraction of sp³-hybridized carbons (Fsp3) is 0.500. The number of hydrogen-bond donors (Lipinski definition) is 2. The summed E-state index contributed by atoms with van der Waals surface area (Å²) in [5, 5.41) is 17.9. The number of hydrogen-bond acceptors (Lipinski definition) is 3. The summed E-state index contributed by atoms with van der Waals surface area (Å²) in [5.74, 6) is 0.793. The lowest BCUT2D eigenvalue weighted by Gasteiger charge is -2.12. The second kappa shape index (κ2) is 5.73. The molecule has 0 fully saturated rings. The summed E-state index contributed by atoms with van der Waals surface area (Å²) in [7, 11) is 1.65. The molecule has 0 aliphatic heterocycles. The second-order valence-corrected chi connectivity index (χ2v) is 3.74. The van der Waals surface area contributed by atoms with Crippen molar-refractivity contribution in [1.82, 2.24) is 0 Å². The first kappa shape index (κ1) is 12.0. The van der Waals surface area contributed by atoms with Crippen molar-refractivity contribution < 1.29 is 14.9 Å². The molecule has 3 heteroatoms. The van der Waals surface area contributed by atoms with Crippen LogP contribution in [0, 0.1) is 12.8 Å². The van der Waals surface area contributed by atoms with E-state index in [0.717, 1.165) is 16.9 Å². The number of rotatable bonds is 5. The number of methoxy groups -OCH3 is 1. The molecule has 0 unspecified atom stereocenters. The van der Waals surface area contributed by atoms with Crippen molar-refractivity contribution in [3.63, 3.8) is 0 Å². The van der Waals surface area contributed by atoms with Gasteiger partial charge in [0.05, 0.1) is 7.11 Å². The zero-order valence-corrected chi connectivity index (χ0v) is 9.23. The molecule has 0 bridgehead atoms. The van der Waals surface area contributed by atoms with E-state index in [2.05, 4.69) is 0 Å². The van der Waals surface area contributed by atoms with E-state index in [1.807, 2.05) is 25.1 Å². The minimum absolute atomic E-state index is 0.0155. The zero-order valence-electron chi connectivity index (χ0n) is 9.23. The van der Waals surface area contributed by atoms with Gasteiger partial charge in [0.1, 0.15) is 5.75 Å². The maximum atomic E-state index is 8.97. The number of benzene rings is 1. The molecular formula is C12H18O3. The van der Waals surface area contributed by atoms with Crippen molar-refractivity contribution in [3.05, 3.63) is 29.3 Å². The Balaban J connectivity index is 2.74. The maximum Gasteiger partial charge on any atom is 0.121 e. The average Bonchev–Trinajstić information content (AvgIpc) is 2.26. The van der Waals surface area contributed by atoms with Crippen molar-refractivity contribution in [2.75, 3.05) is 20.3 Å². The lowest BCUT2D eigenvalue weighted by atomic mass is 9.99. The van der Waals surface area contributed by atoms with Crippen LogP contribution in [0.25, 0.3) is 0 Å². The van der Waals surface area contributed by atoms with Crippen molar-refractivity contribution in [1.29, 1.82) is 0 Å². The van der Waals surface area contributed by atoms with Crippen molar-refractivity contribution in [2.24, 2.45) is 5.92 Å². The fourth-order valence-electron chi connectivity index (χ4n) is 1.59. The van der Waals surface area contributed by atoms with Gasteiger partial charge >= 0.3 is 0 Å². The Kier molecular flexibility index (Phi) is 4.59. The Bertz CT molecular complexity index is 306. The first-order valence-corrected chi connectivity index (χ1v) is 5.06. The lowest BCUT2D eigenvalue weighted by molar-refractivity contribution is 0.150. The number of ether oxygens (including phenoxy) is 1. The molecule has 1 aromatic carbocycles. The molecule has 0 radical (unpaired) electrons. The van der Waals surface area contributed by atoms with Crippen LogP contribution in [0.1, 0.15) is 11.1 Å². The van der Waals surface area contributed by atoms with Crippen LogP contribution >= 0.6 is 0 Å². The third-order valence-electron chi connectivity index (χ3n) is 2.50. The molecule has 0 aromatic heterocycles. The minimum atomic E-state index is -0.0715. The maximum absolute atomic E-state index is 8.97. The van der Waals surface area contributed by atoms with Crippen LogP contribution in [0.2, 0.25) is 0 Å². The SMILES string of the molecule is COc1ccc(CC(CO)CO)cc1C. The van der Waals surface area contributed by atoms with Crippen LogP contribution in [0.3, 0.4) is 0 Å². The van der Waals surface area contributed by atoms with E-state index in [9.17, 15) is 0 Å². The van der Waals surface area contributed by atoms with Crippen molar-refractivity contribution >= 4 is 0 Å². The summed E-state index contributed by atoms with van der Waals surface area (Å²) in [6, 6.07) is 5.90. The Labute approximate surface area is 90.3 Å². The van der Waals surface area contributed by atoms with E-state index in [1.165, 1.54) is 0 Å². The smallest absolute Gasteiger partial charge is 0.121 e. The highest BCUT2D eigenvalue weighted by Gasteiger charge is 2.08. The summed E-state index contributed by atoms with van der Waals surface area (Å²) in [5.41, 5.74) is 2.19. The summed E-state index contributed by atoms with van der Waals surface area (Å²) < 4.78 is 5.16. The lowest BCUT2D eigenvalue weighted by Crippen LogP contribution is -2.14. The minimum Gasteiger partial charge on any atom is -0.496 e. The normalized spacial score (nSPS) is 10.7. The molecule has 2 N–H and O–H groups in total. The van der Waals surface area contributed by atoms with Crippen LogP contribution in [0.4, 0.5) is 0 Å². The van der Waals surface area contributed by atoms with Crippen LogP contribution in [-0.2, 0) is 6.42 Å². The fourth-order valence-corrected chi connectivity index (χ4v) is 1.59. The zero-order chi connectivity index (χ0) is 11.3. The first-order chi connectivity index (χ1) is 7.21. The summed E-state index contributed by atoms with van der Waals surface area (Å²) in [4.78, 5) is 0. The van der Waals surface area contributed by atoms with Crippen LogP contribution in [0.15, 0.2) is 18.2 Å². The quantitative estimate of drug-likeness (QED) is 0.766. The van der Waals surface area contributed by atoms with E-state index in [-0.39, 0.29) is 19.1 Å². The highest BCUT2D eigenvalue weighted by molar-refractivity contribution is 5.36. The molecule has 1 aromatic rings. The number of aryl methyl sites for hydroxylation is 1. The van der Waals surface area contributed by atoms with E-state index >= 15 is 0 Å². The molecule has 0 saturated heterocycles. The van der Waals surface area contributed by atoms with E-state index in [1.54, 1.807) is 7.11 Å². The highest BCUT2D eigenvalue weighted by Crippen LogP contribution is 2.20. The molecule has 0 saturated carbocycles. The van der Waals surface area contributed by atoms with Gasteiger partial charge in [0, 0.05) is 19.1 Å². The van der Waals surface area contributed by atoms with Gasteiger partial charge in [-0.05, 0) is 30.5 Å². The van der Waals surface area contributed by atoms with Gasteiger partial charge in [-0.2, -0.15) is 0 Å². The Morgan fingerprint density at radius 2 is 1.93 bits per heavy atom. The molecule has 0 heterocycles. The largest absolute Gasteiger partial charge is 0.496 e. The molecule has 0 aliphatic rings. The molecule has 0 atom stereocenters. The molecule has 1 rings (SSSR count). The van der Waals surface area contributed by atoms with Crippen LogP contribution < -0.4 is 4.74 Å². The highest BCUT2D eigenvalue weighted by atomic mass is 16.5. The van der Waals surface area contributed by atoms with Gasteiger partial charge < -0.3 is 14.9 Å². The standard InChI is InChI=1S/C12H18O3/c1-9-5-10(3-4-12(9)15-2)6-11(7-13)8-14/h3-5,11,13-14H,6-8H2,1-2H3. The van der Waals surface area contributed by atoms with Gasteiger partial charge in [-0.25, -0.2) is 0 Å². The van der Waals surface area contributed by atoms with E-state index in [4.69, 9.17) is 14.9 Å². The molecule has 3 nitrogen and oxygen atoms in total. The van der Waals surface area contributed by atoms with Gasteiger partial charge in [0.15, 0.2) is 0 Å². The molecule has 84 valence electrons. The average molecular weight is 210 g/mol. The molecule has 0 amide bonds. The summed E-state index contributed by atoms with van der Waals surface area (Å²) in [6.07, 6.45) is 0.692. The Morgan fingerprint density at radius 1 is 1.27 bits per heavy atom. The summed E-state index contributed by atoms with van der Waals surface area (Å²) in [6.45, 7) is 2.01. The van der Waals surface area contributed by atoms with Gasteiger partial charge in [-0.1, -0.05) is 12.1 Å².